The Morgan fingerprint density at radius 3 is 3.00 bits per heavy atom. The van der Waals surface area contributed by atoms with Crippen molar-refractivity contribution in [1.29, 1.82) is 0 Å². The van der Waals surface area contributed by atoms with Crippen LogP contribution in [0.2, 0.25) is 0 Å². The first kappa shape index (κ1) is 12.3. The summed E-state index contributed by atoms with van der Waals surface area (Å²) in [5.74, 6) is 1.12. The van der Waals surface area contributed by atoms with Crippen LogP contribution in [0.3, 0.4) is 0 Å². The molecule has 2 aromatic rings. The SMILES string of the molecule is Cn1ccnc1CCNCc1cccc(Br)c1. The fourth-order valence-corrected chi connectivity index (χ4v) is 2.16. The van der Waals surface area contributed by atoms with Gasteiger partial charge in [-0.25, -0.2) is 4.98 Å². The predicted molar refractivity (Wildman–Crippen MR) is 72.8 cm³/mol. The van der Waals surface area contributed by atoms with E-state index in [0.717, 1.165) is 29.8 Å². The molecular weight excluding hydrogens is 278 g/mol. The lowest BCUT2D eigenvalue weighted by atomic mass is 10.2. The Labute approximate surface area is 110 Å². The first-order valence-electron chi connectivity index (χ1n) is 5.67. The smallest absolute Gasteiger partial charge is 0.109 e. The summed E-state index contributed by atoms with van der Waals surface area (Å²) < 4.78 is 3.18. The minimum atomic E-state index is 0.893. The Morgan fingerprint density at radius 1 is 1.41 bits per heavy atom. The third-order valence-electron chi connectivity index (χ3n) is 2.66. The largest absolute Gasteiger partial charge is 0.338 e. The number of benzene rings is 1. The van der Waals surface area contributed by atoms with Crippen LogP contribution in [0.5, 0.6) is 0 Å². The number of hydrogen-bond donors (Lipinski definition) is 1. The molecule has 0 fully saturated rings. The molecule has 0 aliphatic heterocycles. The highest BCUT2D eigenvalue weighted by Crippen LogP contribution is 2.11. The van der Waals surface area contributed by atoms with Crippen molar-refractivity contribution in [3.8, 4) is 0 Å². The van der Waals surface area contributed by atoms with E-state index in [1.165, 1.54) is 5.56 Å². The molecule has 1 aromatic carbocycles. The van der Waals surface area contributed by atoms with Crippen LogP contribution in [0, 0.1) is 0 Å². The summed E-state index contributed by atoms with van der Waals surface area (Å²) in [7, 11) is 2.02. The zero-order valence-electron chi connectivity index (χ0n) is 9.86. The van der Waals surface area contributed by atoms with Crippen molar-refractivity contribution in [2.24, 2.45) is 7.05 Å². The average molecular weight is 294 g/mol. The van der Waals surface area contributed by atoms with E-state index in [2.05, 4.69) is 49.0 Å². The van der Waals surface area contributed by atoms with E-state index in [9.17, 15) is 0 Å². The number of nitrogens with one attached hydrogen (secondary N) is 1. The number of rotatable bonds is 5. The predicted octanol–water partition coefficient (Wildman–Crippen LogP) is 2.51. The lowest BCUT2D eigenvalue weighted by Gasteiger charge is -2.05. The highest BCUT2D eigenvalue weighted by atomic mass is 79.9. The molecule has 0 saturated heterocycles. The summed E-state index contributed by atoms with van der Waals surface area (Å²) in [6, 6.07) is 8.35. The number of imidazole rings is 1. The van der Waals surface area contributed by atoms with Gasteiger partial charge in [-0.3, -0.25) is 0 Å². The Balaban J connectivity index is 1.75. The van der Waals surface area contributed by atoms with Crippen molar-refractivity contribution in [2.75, 3.05) is 6.54 Å². The lowest BCUT2D eigenvalue weighted by Crippen LogP contribution is -2.18. The van der Waals surface area contributed by atoms with Crippen LogP contribution in [0.15, 0.2) is 41.1 Å². The van der Waals surface area contributed by atoms with Crippen LogP contribution in [0.4, 0.5) is 0 Å². The van der Waals surface area contributed by atoms with Gasteiger partial charge in [-0.05, 0) is 17.7 Å². The zero-order valence-corrected chi connectivity index (χ0v) is 11.4. The Bertz CT molecular complexity index is 479. The van der Waals surface area contributed by atoms with E-state index in [1.54, 1.807) is 0 Å². The molecule has 0 radical (unpaired) electrons. The van der Waals surface area contributed by atoms with Crippen molar-refractivity contribution in [2.45, 2.75) is 13.0 Å². The molecule has 2 rings (SSSR count). The molecule has 17 heavy (non-hydrogen) atoms. The first-order chi connectivity index (χ1) is 8.25. The van der Waals surface area contributed by atoms with Gasteiger partial charge < -0.3 is 9.88 Å². The maximum atomic E-state index is 4.29. The van der Waals surface area contributed by atoms with Crippen molar-refractivity contribution < 1.29 is 0 Å². The number of aryl methyl sites for hydroxylation is 1. The van der Waals surface area contributed by atoms with Crippen LogP contribution < -0.4 is 5.32 Å². The average Bonchev–Trinajstić information content (AvgIpc) is 2.71. The number of aromatic nitrogens is 2. The van der Waals surface area contributed by atoms with Crippen LogP contribution in [-0.4, -0.2) is 16.1 Å². The van der Waals surface area contributed by atoms with E-state index in [-0.39, 0.29) is 0 Å². The van der Waals surface area contributed by atoms with E-state index >= 15 is 0 Å². The fourth-order valence-electron chi connectivity index (χ4n) is 1.72. The minimum Gasteiger partial charge on any atom is -0.338 e. The van der Waals surface area contributed by atoms with Gasteiger partial charge in [0, 0.05) is 43.4 Å². The van der Waals surface area contributed by atoms with Gasteiger partial charge in [0.1, 0.15) is 5.82 Å². The monoisotopic (exact) mass is 293 g/mol. The molecule has 1 N–H and O–H groups in total. The first-order valence-corrected chi connectivity index (χ1v) is 6.46. The van der Waals surface area contributed by atoms with Gasteiger partial charge >= 0.3 is 0 Å². The summed E-state index contributed by atoms with van der Waals surface area (Å²) in [4.78, 5) is 4.29. The molecule has 0 saturated carbocycles. The van der Waals surface area contributed by atoms with Crippen LogP contribution >= 0.6 is 15.9 Å². The van der Waals surface area contributed by atoms with Crippen molar-refractivity contribution in [3.63, 3.8) is 0 Å². The molecule has 0 unspecified atom stereocenters. The molecule has 0 aliphatic rings. The summed E-state index contributed by atoms with van der Waals surface area (Å²) in [6.45, 7) is 1.83. The van der Waals surface area contributed by atoms with Crippen molar-refractivity contribution >= 4 is 15.9 Å². The van der Waals surface area contributed by atoms with Gasteiger partial charge in [0.25, 0.3) is 0 Å². The number of nitrogens with zero attached hydrogens (tertiary/aromatic N) is 2. The molecule has 1 aromatic heterocycles. The zero-order chi connectivity index (χ0) is 12.1. The molecule has 0 spiro atoms. The molecule has 0 amide bonds. The second-order valence-corrected chi connectivity index (χ2v) is 4.93. The van der Waals surface area contributed by atoms with Gasteiger partial charge in [0.05, 0.1) is 0 Å². The van der Waals surface area contributed by atoms with E-state index in [4.69, 9.17) is 0 Å². The standard InChI is InChI=1S/C13H16BrN3/c1-17-8-7-16-13(17)5-6-15-10-11-3-2-4-12(14)9-11/h2-4,7-9,15H,5-6,10H2,1H3. The van der Waals surface area contributed by atoms with Crippen molar-refractivity contribution in [1.82, 2.24) is 14.9 Å². The Hall–Kier alpha value is -1.13. The normalized spacial score (nSPS) is 10.7. The number of halogens is 1. The van der Waals surface area contributed by atoms with Gasteiger partial charge in [0.15, 0.2) is 0 Å². The third-order valence-corrected chi connectivity index (χ3v) is 3.16. The van der Waals surface area contributed by atoms with Gasteiger partial charge in [-0.1, -0.05) is 28.1 Å². The third kappa shape index (κ3) is 3.68. The lowest BCUT2D eigenvalue weighted by molar-refractivity contribution is 0.655. The maximum Gasteiger partial charge on any atom is 0.109 e. The molecule has 1 heterocycles. The van der Waals surface area contributed by atoms with Crippen LogP contribution in [-0.2, 0) is 20.0 Å². The second-order valence-electron chi connectivity index (χ2n) is 4.01. The van der Waals surface area contributed by atoms with E-state index < -0.39 is 0 Å². The highest BCUT2D eigenvalue weighted by molar-refractivity contribution is 9.10. The van der Waals surface area contributed by atoms with E-state index in [0.29, 0.717) is 0 Å². The van der Waals surface area contributed by atoms with Gasteiger partial charge in [-0.15, -0.1) is 0 Å². The number of hydrogen-bond acceptors (Lipinski definition) is 2. The summed E-state index contributed by atoms with van der Waals surface area (Å²) in [5.41, 5.74) is 1.29. The molecule has 4 heteroatoms. The summed E-state index contributed by atoms with van der Waals surface area (Å²) >= 11 is 3.47. The van der Waals surface area contributed by atoms with Gasteiger partial charge in [0.2, 0.25) is 0 Å². The van der Waals surface area contributed by atoms with Crippen molar-refractivity contribution in [3.05, 3.63) is 52.5 Å². The van der Waals surface area contributed by atoms with Crippen LogP contribution in [0.1, 0.15) is 11.4 Å². The molecule has 90 valence electrons. The quantitative estimate of drug-likeness (QED) is 0.859. The maximum absolute atomic E-state index is 4.29. The molecular formula is C13H16BrN3. The molecule has 0 bridgehead atoms. The van der Waals surface area contributed by atoms with Gasteiger partial charge in [-0.2, -0.15) is 0 Å². The Morgan fingerprint density at radius 2 is 2.29 bits per heavy atom. The fraction of sp³-hybridized carbons (Fsp3) is 0.308. The highest BCUT2D eigenvalue weighted by Gasteiger charge is 1.98. The second kappa shape index (κ2) is 5.98. The summed E-state index contributed by atoms with van der Waals surface area (Å²) in [6.07, 6.45) is 4.77. The Kier molecular flexibility index (Phi) is 4.34. The molecule has 0 aliphatic carbocycles. The minimum absolute atomic E-state index is 0.893. The topological polar surface area (TPSA) is 29.9 Å². The molecule has 0 atom stereocenters. The molecule has 3 nitrogen and oxygen atoms in total. The van der Waals surface area contributed by atoms with E-state index in [1.807, 2.05) is 25.5 Å². The van der Waals surface area contributed by atoms with Crippen LogP contribution in [0.25, 0.3) is 0 Å². The summed E-state index contributed by atoms with van der Waals surface area (Å²) in [5, 5.41) is 3.42.